The lowest BCUT2D eigenvalue weighted by Crippen LogP contribution is -2.20. The quantitative estimate of drug-likeness (QED) is 0.806. The summed E-state index contributed by atoms with van der Waals surface area (Å²) in [6, 6.07) is 12.4. The molecule has 0 unspecified atom stereocenters. The predicted molar refractivity (Wildman–Crippen MR) is 81.2 cm³/mol. The molecule has 0 saturated heterocycles. The Hall–Kier alpha value is -2.82. The van der Waals surface area contributed by atoms with Gasteiger partial charge in [-0.3, -0.25) is 4.79 Å². The van der Waals surface area contributed by atoms with Crippen LogP contribution in [0.25, 0.3) is 11.1 Å². The van der Waals surface area contributed by atoms with Crippen LogP contribution >= 0.6 is 0 Å². The third kappa shape index (κ3) is 3.60. The number of nitrogens with one attached hydrogen (secondary N) is 1. The zero-order valence-corrected chi connectivity index (χ0v) is 11.6. The highest BCUT2D eigenvalue weighted by molar-refractivity contribution is 5.91. The molecule has 0 spiro atoms. The summed E-state index contributed by atoms with van der Waals surface area (Å²) in [4.78, 5) is 22.0. The fourth-order valence-corrected chi connectivity index (χ4v) is 2.21. The summed E-state index contributed by atoms with van der Waals surface area (Å²) in [6.07, 6.45) is -0.177. The number of amides is 2. The number of urea groups is 1. The second-order valence-corrected chi connectivity index (χ2v) is 4.75. The van der Waals surface area contributed by atoms with Crippen LogP contribution in [-0.4, -0.2) is 17.1 Å². The smallest absolute Gasteiger partial charge is 0.316 e. The van der Waals surface area contributed by atoms with Crippen LogP contribution in [0.1, 0.15) is 11.1 Å². The van der Waals surface area contributed by atoms with E-state index in [-0.39, 0.29) is 6.42 Å². The molecule has 0 aromatic heterocycles. The van der Waals surface area contributed by atoms with Crippen molar-refractivity contribution >= 4 is 17.7 Å². The van der Waals surface area contributed by atoms with E-state index in [1.165, 1.54) is 0 Å². The number of carboxylic acids is 1. The van der Waals surface area contributed by atoms with E-state index in [4.69, 9.17) is 10.8 Å². The van der Waals surface area contributed by atoms with Crippen LogP contribution < -0.4 is 11.1 Å². The predicted octanol–water partition coefficient (Wildman–Crippen LogP) is 2.78. The lowest BCUT2D eigenvalue weighted by atomic mass is 9.97. The molecule has 21 heavy (non-hydrogen) atoms. The van der Waals surface area contributed by atoms with Crippen LogP contribution in [0.2, 0.25) is 0 Å². The van der Waals surface area contributed by atoms with Crippen LogP contribution in [0.15, 0.2) is 42.5 Å². The summed E-state index contributed by atoms with van der Waals surface area (Å²) in [5, 5.41) is 11.4. The first-order chi connectivity index (χ1) is 9.97. The molecule has 2 amide bonds. The second kappa shape index (κ2) is 6.09. The molecule has 5 nitrogen and oxygen atoms in total. The number of rotatable bonds is 4. The maximum Gasteiger partial charge on any atom is 0.316 e. The molecular formula is C16H16N2O3. The van der Waals surface area contributed by atoms with Gasteiger partial charge in [-0.2, -0.15) is 0 Å². The Labute approximate surface area is 122 Å². The van der Waals surface area contributed by atoms with Crippen molar-refractivity contribution in [2.45, 2.75) is 13.3 Å². The first-order valence-electron chi connectivity index (χ1n) is 6.44. The molecule has 0 radical (unpaired) electrons. The molecule has 0 aliphatic carbocycles. The van der Waals surface area contributed by atoms with Crippen molar-refractivity contribution in [1.82, 2.24) is 0 Å². The van der Waals surface area contributed by atoms with E-state index >= 15 is 0 Å². The van der Waals surface area contributed by atoms with Crippen molar-refractivity contribution in [3.8, 4) is 11.1 Å². The Bertz CT molecular complexity index is 696. The average Bonchev–Trinajstić information content (AvgIpc) is 2.40. The van der Waals surface area contributed by atoms with Gasteiger partial charge in [0, 0.05) is 5.69 Å². The number of aryl methyl sites for hydroxylation is 1. The van der Waals surface area contributed by atoms with Crippen LogP contribution in [0.5, 0.6) is 0 Å². The van der Waals surface area contributed by atoms with Gasteiger partial charge in [-0.25, -0.2) is 4.79 Å². The molecule has 0 fully saturated rings. The van der Waals surface area contributed by atoms with Crippen molar-refractivity contribution < 1.29 is 14.7 Å². The highest BCUT2D eigenvalue weighted by Crippen LogP contribution is 2.28. The Morgan fingerprint density at radius 2 is 1.90 bits per heavy atom. The van der Waals surface area contributed by atoms with Gasteiger partial charge in [0.25, 0.3) is 0 Å². The van der Waals surface area contributed by atoms with E-state index in [1.54, 1.807) is 12.1 Å². The summed E-state index contributed by atoms with van der Waals surface area (Å²) in [5.41, 5.74) is 9.09. The number of anilines is 1. The van der Waals surface area contributed by atoms with Crippen LogP contribution in [0, 0.1) is 6.92 Å². The van der Waals surface area contributed by atoms with Gasteiger partial charge in [0.1, 0.15) is 0 Å². The molecule has 108 valence electrons. The number of carbonyl (C=O) groups excluding carboxylic acids is 1. The van der Waals surface area contributed by atoms with Crippen molar-refractivity contribution in [3.05, 3.63) is 53.6 Å². The van der Waals surface area contributed by atoms with E-state index < -0.39 is 12.0 Å². The van der Waals surface area contributed by atoms with E-state index in [9.17, 15) is 9.59 Å². The minimum atomic E-state index is -0.967. The molecule has 2 aromatic carbocycles. The van der Waals surface area contributed by atoms with Gasteiger partial charge in [-0.1, -0.05) is 36.4 Å². The topological polar surface area (TPSA) is 92.4 Å². The minimum Gasteiger partial charge on any atom is -0.481 e. The zero-order valence-electron chi connectivity index (χ0n) is 11.6. The number of hydrogen-bond acceptors (Lipinski definition) is 2. The van der Waals surface area contributed by atoms with Crippen LogP contribution in [0.4, 0.5) is 10.5 Å². The van der Waals surface area contributed by atoms with Gasteiger partial charge in [0.2, 0.25) is 0 Å². The molecule has 5 heteroatoms. The molecule has 0 aliphatic rings. The van der Waals surface area contributed by atoms with Crippen molar-refractivity contribution in [2.24, 2.45) is 5.73 Å². The first kappa shape index (κ1) is 14.6. The normalized spacial score (nSPS) is 10.1. The lowest BCUT2D eigenvalue weighted by molar-refractivity contribution is -0.136. The highest BCUT2D eigenvalue weighted by atomic mass is 16.4. The molecule has 0 saturated carbocycles. The summed E-state index contributed by atoms with van der Waals surface area (Å²) in [6.45, 7) is 1.99. The van der Waals surface area contributed by atoms with Crippen molar-refractivity contribution in [2.75, 3.05) is 5.32 Å². The summed E-state index contributed by atoms with van der Waals surface area (Å²) >= 11 is 0. The average molecular weight is 284 g/mol. The SMILES string of the molecule is Cc1ccccc1-c1ccc(CC(=O)O)c(NC(N)=O)c1. The van der Waals surface area contributed by atoms with E-state index in [0.29, 0.717) is 11.3 Å². The number of aliphatic carboxylic acids is 1. The van der Waals surface area contributed by atoms with Crippen molar-refractivity contribution in [1.29, 1.82) is 0 Å². The van der Waals surface area contributed by atoms with Gasteiger partial charge in [0.05, 0.1) is 6.42 Å². The summed E-state index contributed by atoms with van der Waals surface area (Å²) in [7, 11) is 0. The standard InChI is InChI=1S/C16H16N2O3/c1-10-4-2-3-5-13(10)11-6-7-12(9-15(19)20)14(8-11)18-16(17)21/h2-8H,9H2,1H3,(H,19,20)(H3,17,18,21). The van der Waals surface area contributed by atoms with Crippen molar-refractivity contribution in [3.63, 3.8) is 0 Å². The Morgan fingerprint density at radius 3 is 2.52 bits per heavy atom. The van der Waals surface area contributed by atoms with E-state index in [2.05, 4.69) is 5.32 Å². The summed E-state index contributed by atoms with van der Waals surface area (Å²) in [5.74, 6) is -0.967. The van der Waals surface area contributed by atoms with Crippen LogP contribution in [-0.2, 0) is 11.2 Å². The Morgan fingerprint density at radius 1 is 1.19 bits per heavy atom. The lowest BCUT2D eigenvalue weighted by Gasteiger charge is -2.12. The third-order valence-electron chi connectivity index (χ3n) is 3.17. The molecule has 0 bridgehead atoms. The number of carboxylic acid groups (broad SMARTS) is 1. The fraction of sp³-hybridized carbons (Fsp3) is 0.125. The van der Waals surface area contributed by atoms with Gasteiger partial charge >= 0.3 is 12.0 Å². The van der Waals surface area contributed by atoms with Gasteiger partial charge in [-0.05, 0) is 35.2 Å². The van der Waals surface area contributed by atoms with Crippen LogP contribution in [0.3, 0.4) is 0 Å². The number of carbonyl (C=O) groups is 2. The molecular weight excluding hydrogens is 268 g/mol. The largest absolute Gasteiger partial charge is 0.481 e. The molecule has 2 rings (SSSR count). The first-order valence-corrected chi connectivity index (χ1v) is 6.44. The van der Waals surface area contributed by atoms with Gasteiger partial charge in [0.15, 0.2) is 0 Å². The highest BCUT2D eigenvalue weighted by Gasteiger charge is 2.11. The van der Waals surface area contributed by atoms with Gasteiger partial charge < -0.3 is 16.2 Å². The second-order valence-electron chi connectivity index (χ2n) is 4.75. The number of benzene rings is 2. The Balaban J connectivity index is 2.48. The molecule has 4 N–H and O–H groups in total. The Kier molecular flexibility index (Phi) is 4.23. The molecule has 0 aliphatic heterocycles. The maximum atomic E-state index is 11.1. The minimum absolute atomic E-state index is 0.177. The fourth-order valence-electron chi connectivity index (χ4n) is 2.21. The van der Waals surface area contributed by atoms with E-state index in [1.807, 2.05) is 37.3 Å². The number of primary amides is 1. The zero-order chi connectivity index (χ0) is 15.4. The third-order valence-corrected chi connectivity index (χ3v) is 3.17. The van der Waals surface area contributed by atoms with Gasteiger partial charge in [-0.15, -0.1) is 0 Å². The van der Waals surface area contributed by atoms with E-state index in [0.717, 1.165) is 16.7 Å². The molecule has 0 heterocycles. The monoisotopic (exact) mass is 284 g/mol. The number of hydrogen-bond donors (Lipinski definition) is 3. The summed E-state index contributed by atoms with van der Waals surface area (Å²) < 4.78 is 0. The molecule has 2 aromatic rings. The number of nitrogens with two attached hydrogens (primary N) is 1. The molecule has 0 atom stereocenters. The maximum absolute atomic E-state index is 11.1.